The van der Waals surface area contributed by atoms with E-state index in [-0.39, 0.29) is 16.9 Å². The first kappa shape index (κ1) is 16.7. The molecular formula is C19H16FNO4. The topological polar surface area (TPSA) is 66.8 Å². The molecule has 1 fully saturated rings. The van der Waals surface area contributed by atoms with Crippen LogP contribution in [0.5, 0.6) is 5.75 Å². The van der Waals surface area contributed by atoms with Crippen LogP contribution in [-0.4, -0.2) is 35.9 Å². The molecule has 6 heteroatoms. The van der Waals surface area contributed by atoms with E-state index >= 15 is 0 Å². The second kappa shape index (κ2) is 6.39. The average Bonchev–Trinajstić information content (AvgIpc) is 2.85. The molecule has 25 heavy (non-hydrogen) atoms. The highest BCUT2D eigenvalue weighted by molar-refractivity contribution is 6.46. The number of ether oxygens (including phenoxy) is 1. The third-order valence-electron chi connectivity index (χ3n) is 4.23. The fourth-order valence-corrected chi connectivity index (χ4v) is 2.97. The number of amides is 1. The van der Waals surface area contributed by atoms with Crippen LogP contribution in [0.3, 0.4) is 0 Å². The highest BCUT2D eigenvalue weighted by Crippen LogP contribution is 2.41. The predicted molar refractivity (Wildman–Crippen MR) is 89.5 cm³/mol. The van der Waals surface area contributed by atoms with Gasteiger partial charge in [0.25, 0.3) is 11.7 Å². The number of hydrogen-bond acceptors (Lipinski definition) is 4. The van der Waals surface area contributed by atoms with E-state index in [0.29, 0.717) is 11.3 Å². The first-order valence-corrected chi connectivity index (χ1v) is 7.59. The standard InChI is InChI=1S/C19H16FNO4/c1-21-16(13-5-3-4-6-14(13)25-2)15(18(23)19(21)24)17(22)11-7-9-12(20)10-8-11/h3-10,16,22H,1-2H3/b17-15+. The SMILES string of the molecule is COc1ccccc1C1/C(=C(\O)c2ccc(F)cc2)C(=O)C(=O)N1C. The molecule has 0 aliphatic carbocycles. The fourth-order valence-electron chi connectivity index (χ4n) is 2.97. The van der Waals surface area contributed by atoms with Crippen LogP contribution in [0.25, 0.3) is 5.76 Å². The lowest BCUT2D eigenvalue weighted by atomic mass is 9.95. The second-order valence-electron chi connectivity index (χ2n) is 5.66. The van der Waals surface area contributed by atoms with Crippen LogP contribution in [0.2, 0.25) is 0 Å². The number of benzene rings is 2. The van der Waals surface area contributed by atoms with E-state index in [2.05, 4.69) is 0 Å². The number of aliphatic hydroxyl groups is 1. The summed E-state index contributed by atoms with van der Waals surface area (Å²) < 4.78 is 18.4. The Bertz CT molecular complexity index is 873. The molecule has 0 bridgehead atoms. The van der Waals surface area contributed by atoms with Gasteiger partial charge in [-0.05, 0) is 30.3 Å². The van der Waals surface area contributed by atoms with Crippen molar-refractivity contribution in [3.8, 4) is 5.75 Å². The fraction of sp³-hybridized carbons (Fsp3) is 0.158. The molecule has 1 saturated heterocycles. The van der Waals surface area contributed by atoms with Crippen molar-refractivity contribution in [3.63, 3.8) is 0 Å². The number of hydrogen-bond donors (Lipinski definition) is 1. The molecule has 1 N–H and O–H groups in total. The summed E-state index contributed by atoms with van der Waals surface area (Å²) in [6.45, 7) is 0. The minimum absolute atomic E-state index is 0.0522. The largest absolute Gasteiger partial charge is 0.507 e. The number of likely N-dealkylation sites (tertiary alicyclic amines) is 1. The maximum atomic E-state index is 13.1. The Kier molecular flexibility index (Phi) is 4.27. The number of likely N-dealkylation sites (N-methyl/N-ethyl adjacent to an activating group) is 1. The van der Waals surface area contributed by atoms with Gasteiger partial charge in [0.1, 0.15) is 17.3 Å². The number of methoxy groups -OCH3 is 1. The average molecular weight is 341 g/mol. The molecule has 128 valence electrons. The molecule has 3 rings (SSSR count). The van der Waals surface area contributed by atoms with Crippen molar-refractivity contribution in [2.45, 2.75) is 6.04 Å². The van der Waals surface area contributed by atoms with Gasteiger partial charge in [0.15, 0.2) is 0 Å². The zero-order valence-electron chi connectivity index (χ0n) is 13.7. The van der Waals surface area contributed by atoms with Crippen molar-refractivity contribution in [2.24, 2.45) is 0 Å². The Morgan fingerprint density at radius 3 is 2.40 bits per heavy atom. The Morgan fingerprint density at radius 1 is 1.12 bits per heavy atom. The maximum Gasteiger partial charge on any atom is 0.295 e. The zero-order chi connectivity index (χ0) is 18.1. The Morgan fingerprint density at radius 2 is 1.76 bits per heavy atom. The predicted octanol–water partition coefficient (Wildman–Crippen LogP) is 2.89. The molecule has 1 heterocycles. The summed E-state index contributed by atoms with van der Waals surface area (Å²) in [6, 6.07) is 11.2. The Hall–Kier alpha value is -3.15. The summed E-state index contributed by atoms with van der Waals surface area (Å²) in [7, 11) is 2.98. The van der Waals surface area contributed by atoms with E-state index in [1.807, 2.05) is 0 Å². The summed E-state index contributed by atoms with van der Waals surface area (Å²) in [5, 5.41) is 10.6. The number of carbonyl (C=O) groups excluding carboxylic acids is 2. The molecule has 0 radical (unpaired) electrons. The summed E-state index contributed by atoms with van der Waals surface area (Å²) in [5.74, 6) is -1.83. The van der Waals surface area contributed by atoms with Crippen molar-refractivity contribution in [1.82, 2.24) is 4.90 Å². The van der Waals surface area contributed by atoms with Gasteiger partial charge < -0.3 is 14.7 Å². The number of halogens is 1. The molecule has 2 aromatic carbocycles. The normalized spacial score (nSPS) is 19.3. The van der Waals surface area contributed by atoms with Crippen LogP contribution in [0.15, 0.2) is 54.1 Å². The van der Waals surface area contributed by atoms with Crippen LogP contribution >= 0.6 is 0 Å². The van der Waals surface area contributed by atoms with Crippen molar-refractivity contribution >= 4 is 17.4 Å². The lowest BCUT2D eigenvalue weighted by Crippen LogP contribution is -2.25. The zero-order valence-corrected chi connectivity index (χ0v) is 13.7. The van der Waals surface area contributed by atoms with Gasteiger partial charge in [-0.25, -0.2) is 4.39 Å². The first-order valence-electron chi connectivity index (χ1n) is 7.59. The molecule has 0 aromatic heterocycles. The minimum Gasteiger partial charge on any atom is -0.507 e. The van der Waals surface area contributed by atoms with Gasteiger partial charge in [0.05, 0.1) is 18.7 Å². The lowest BCUT2D eigenvalue weighted by Gasteiger charge is -2.22. The number of carbonyl (C=O) groups is 2. The van der Waals surface area contributed by atoms with Gasteiger partial charge in [0, 0.05) is 18.2 Å². The highest BCUT2D eigenvalue weighted by atomic mass is 19.1. The number of aliphatic hydroxyl groups excluding tert-OH is 1. The van der Waals surface area contributed by atoms with E-state index in [1.54, 1.807) is 24.3 Å². The number of Topliss-reactive ketones (excluding diaryl/α,β-unsaturated/α-hetero) is 1. The molecule has 1 atom stereocenters. The van der Waals surface area contributed by atoms with Gasteiger partial charge in [0.2, 0.25) is 0 Å². The summed E-state index contributed by atoms with van der Waals surface area (Å²) in [4.78, 5) is 25.9. The maximum absolute atomic E-state index is 13.1. The van der Waals surface area contributed by atoms with E-state index < -0.39 is 23.5 Å². The molecule has 1 amide bonds. The first-order chi connectivity index (χ1) is 12.0. The van der Waals surface area contributed by atoms with E-state index in [0.717, 1.165) is 0 Å². The molecule has 1 aliphatic rings. The van der Waals surface area contributed by atoms with E-state index in [4.69, 9.17) is 4.74 Å². The molecule has 2 aromatic rings. The highest BCUT2D eigenvalue weighted by Gasteiger charge is 2.45. The number of ketones is 1. The van der Waals surface area contributed by atoms with Crippen LogP contribution < -0.4 is 4.74 Å². The summed E-state index contributed by atoms with van der Waals surface area (Å²) in [6.07, 6.45) is 0. The summed E-state index contributed by atoms with van der Waals surface area (Å²) in [5.41, 5.74) is 0.784. The van der Waals surface area contributed by atoms with E-state index in [1.165, 1.54) is 43.3 Å². The number of rotatable bonds is 3. The molecular weight excluding hydrogens is 325 g/mol. The minimum atomic E-state index is -0.791. The van der Waals surface area contributed by atoms with Gasteiger partial charge in [-0.2, -0.15) is 0 Å². The molecule has 0 saturated carbocycles. The van der Waals surface area contributed by atoms with Gasteiger partial charge in [-0.1, -0.05) is 18.2 Å². The van der Waals surface area contributed by atoms with Crippen molar-refractivity contribution < 1.29 is 23.8 Å². The second-order valence-corrected chi connectivity index (χ2v) is 5.66. The molecule has 1 aliphatic heterocycles. The van der Waals surface area contributed by atoms with Gasteiger partial charge >= 0.3 is 0 Å². The quantitative estimate of drug-likeness (QED) is 0.530. The molecule has 1 unspecified atom stereocenters. The van der Waals surface area contributed by atoms with Crippen molar-refractivity contribution in [2.75, 3.05) is 14.2 Å². The number of para-hydroxylation sites is 1. The third kappa shape index (κ3) is 2.76. The monoisotopic (exact) mass is 341 g/mol. The van der Waals surface area contributed by atoms with Gasteiger partial charge in [-0.3, -0.25) is 9.59 Å². The van der Waals surface area contributed by atoms with Crippen molar-refractivity contribution in [3.05, 3.63) is 71.0 Å². The Labute approximate surface area is 144 Å². The van der Waals surface area contributed by atoms with Crippen LogP contribution in [-0.2, 0) is 9.59 Å². The smallest absolute Gasteiger partial charge is 0.295 e. The van der Waals surface area contributed by atoms with Gasteiger partial charge in [-0.15, -0.1) is 0 Å². The summed E-state index contributed by atoms with van der Waals surface area (Å²) >= 11 is 0. The number of nitrogens with zero attached hydrogens (tertiary/aromatic N) is 1. The Balaban J connectivity index is 2.21. The third-order valence-corrected chi connectivity index (χ3v) is 4.23. The van der Waals surface area contributed by atoms with Crippen LogP contribution in [0, 0.1) is 5.82 Å². The van der Waals surface area contributed by atoms with E-state index in [9.17, 15) is 19.1 Å². The van der Waals surface area contributed by atoms with Crippen LogP contribution in [0.1, 0.15) is 17.2 Å². The lowest BCUT2D eigenvalue weighted by molar-refractivity contribution is -0.139. The molecule has 5 nitrogen and oxygen atoms in total. The molecule has 0 spiro atoms. The van der Waals surface area contributed by atoms with Crippen LogP contribution in [0.4, 0.5) is 4.39 Å². The van der Waals surface area contributed by atoms with Crippen molar-refractivity contribution in [1.29, 1.82) is 0 Å².